The fourth-order valence-electron chi connectivity index (χ4n) is 4.49. The van der Waals surface area contributed by atoms with E-state index in [-0.39, 0.29) is 11.9 Å². The number of carbonyl (C=O) groups is 2. The van der Waals surface area contributed by atoms with Gasteiger partial charge < -0.3 is 9.68 Å². The number of hydrogen-bond acceptors (Lipinski definition) is 6. The Morgan fingerprint density at radius 2 is 0.634 bits per heavy atom. The summed E-state index contributed by atoms with van der Waals surface area (Å²) < 4.78 is 0. The van der Waals surface area contributed by atoms with E-state index in [1.807, 2.05) is 10.1 Å². The van der Waals surface area contributed by atoms with Gasteiger partial charge in [-0.15, -0.1) is 10.1 Å². The van der Waals surface area contributed by atoms with Crippen molar-refractivity contribution in [1.29, 1.82) is 0 Å². The highest BCUT2D eigenvalue weighted by molar-refractivity contribution is 5.69. The van der Waals surface area contributed by atoms with Crippen molar-refractivity contribution < 1.29 is 19.3 Å². The zero-order valence-electron chi connectivity index (χ0n) is 28.6. The maximum Gasteiger partial charge on any atom is 0.325 e. The van der Waals surface area contributed by atoms with Crippen LogP contribution in [0.25, 0.3) is 0 Å². The number of hydroxylamine groups is 4. The van der Waals surface area contributed by atoms with Gasteiger partial charge in [-0.2, -0.15) is 0 Å². The lowest BCUT2D eigenvalue weighted by molar-refractivity contribution is -0.192. The average molecular weight is 585 g/mol. The third-order valence-electron chi connectivity index (χ3n) is 7.23. The molecule has 0 saturated carbocycles. The van der Waals surface area contributed by atoms with E-state index in [1.54, 1.807) is 0 Å². The molecule has 246 valence electrons. The van der Waals surface area contributed by atoms with Crippen molar-refractivity contribution >= 4 is 11.9 Å². The quantitative estimate of drug-likeness (QED) is 0.0644. The molecule has 0 radical (unpaired) electrons. The Morgan fingerprint density at radius 1 is 0.366 bits per heavy atom. The summed E-state index contributed by atoms with van der Waals surface area (Å²) >= 11 is 0. The maximum atomic E-state index is 11.8. The molecular weight excluding hydrogens is 512 g/mol. The van der Waals surface area contributed by atoms with Crippen molar-refractivity contribution in [3.8, 4) is 0 Å². The van der Waals surface area contributed by atoms with Crippen molar-refractivity contribution in [2.75, 3.05) is 26.2 Å². The van der Waals surface area contributed by atoms with Crippen LogP contribution in [0.4, 0.5) is 0 Å². The Morgan fingerprint density at radius 3 is 0.927 bits per heavy atom. The highest BCUT2D eigenvalue weighted by atomic mass is 16.7. The fourth-order valence-corrected chi connectivity index (χ4v) is 4.49. The molecule has 0 aromatic heterocycles. The number of hydrogen-bond donors (Lipinski definition) is 0. The van der Waals surface area contributed by atoms with Crippen LogP contribution >= 0.6 is 0 Å². The molecule has 0 rings (SSSR count). The van der Waals surface area contributed by atoms with Gasteiger partial charge in [-0.3, -0.25) is 9.59 Å². The lowest BCUT2D eigenvalue weighted by atomic mass is 10.2. The molecule has 41 heavy (non-hydrogen) atoms. The molecular formula is C35H72N2O4. The number of nitrogens with zero attached hydrogens (tertiary/aromatic N) is 2. The third kappa shape index (κ3) is 33.2. The normalized spacial score (nSPS) is 11.0. The van der Waals surface area contributed by atoms with E-state index < -0.39 is 0 Å². The Labute approximate surface area is 256 Å². The van der Waals surface area contributed by atoms with Gasteiger partial charge in [-0.1, -0.05) is 138 Å². The predicted molar refractivity (Wildman–Crippen MR) is 176 cm³/mol. The van der Waals surface area contributed by atoms with Crippen LogP contribution in [0.5, 0.6) is 0 Å². The molecule has 0 N–H and O–H groups in total. The molecule has 0 aromatic carbocycles. The van der Waals surface area contributed by atoms with Gasteiger partial charge in [-0.25, -0.2) is 0 Å². The summed E-state index contributed by atoms with van der Waals surface area (Å²) in [6, 6.07) is 0. The second-order valence-electron chi connectivity index (χ2n) is 11.6. The van der Waals surface area contributed by atoms with E-state index in [2.05, 4.69) is 41.5 Å². The van der Waals surface area contributed by atoms with Gasteiger partial charge in [0.1, 0.15) is 0 Å². The first-order valence-corrected chi connectivity index (χ1v) is 17.9. The molecule has 0 saturated heterocycles. The summed E-state index contributed by atoms with van der Waals surface area (Å²) in [4.78, 5) is 34.6. The topological polar surface area (TPSA) is 59.1 Å². The zero-order chi connectivity index (χ0) is 30.8. The van der Waals surface area contributed by atoms with Crippen molar-refractivity contribution in [3.05, 3.63) is 0 Å². The van der Waals surface area contributed by atoms with E-state index in [0.29, 0.717) is 12.8 Å². The first-order chi connectivity index (χ1) is 20.0. The standard InChI is InChI=1S/C18H37NO2.C17H35NO2/c1-4-7-10-13-16-19(17-14-11-8-5-2)21-18(20)15-12-9-6-3;1-4-7-10-12-15-18(16-13-11-8-5-2)20-17(19)14-9-6-3/h4-17H2,1-3H3;4-16H2,1-3H3. The summed E-state index contributed by atoms with van der Waals surface area (Å²) in [5.74, 6) is -0.104. The van der Waals surface area contributed by atoms with Crippen molar-refractivity contribution in [1.82, 2.24) is 10.1 Å². The molecule has 0 aromatic rings. The van der Waals surface area contributed by atoms with Gasteiger partial charge in [0.15, 0.2) is 0 Å². The van der Waals surface area contributed by atoms with Crippen LogP contribution < -0.4 is 0 Å². The number of carbonyl (C=O) groups excluding carboxylic acids is 2. The van der Waals surface area contributed by atoms with Gasteiger partial charge in [0.25, 0.3) is 0 Å². The van der Waals surface area contributed by atoms with Crippen LogP contribution in [0.2, 0.25) is 0 Å². The smallest absolute Gasteiger partial charge is 0.325 e. The van der Waals surface area contributed by atoms with Crippen molar-refractivity contribution in [2.24, 2.45) is 0 Å². The second kappa shape index (κ2) is 35.1. The fraction of sp³-hybridized carbons (Fsp3) is 0.943. The Hall–Kier alpha value is -1.14. The highest BCUT2D eigenvalue weighted by Crippen LogP contribution is 2.09. The average Bonchev–Trinajstić information content (AvgIpc) is 2.97. The summed E-state index contributed by atoms with van der Waals surface area (Å²) in [5, 5.41) is 3.82. The van der Waals surface area contributed by atoms with Gasteiger partial charge in [-0.05, 0) is 38.5 Å². The molecule has 0 aliphatic heterocycles. The van der Waals surface area contributed by atoms with Crippen LogP contribution in [0.15, 0.2) is 0 Å². The maximum absolute atomic E-state index is 11.8. The molecule has 0 unspecified atom stereocenters. The van der Waals surface area contributed by atoms with Crippen molar-refractivity contribution in [2.45, 2.75) is 189 Å². The van der Waals surface area contributed by atoms with Gasteiger partial charge >= 0.3 is 11.9 Å². The summed E-state index contributed by atoms with van der Waals surface area (Å²) in [5.41, 5.74) is 0. The molecule has 0 spiro atoms. The first-order valence-electron chi connectivity index (χ1n) is 17.9. The van der Waals surface area contributed by atoms with E-state index in [1.165, 1.54) is 77.0 Å². The van der Waals surface area contributed by atoms with Crippen LogP contribution in [0.3, 0.4) is 0 Å². The molecule has 0 amide bonds. The summed E-state index contributed by atoms with van der Waals surface area (Å²) in [6.45, 7) is 16.7. The predicted octanol–water partition coefficient (Wildman–Crippen LogP) is 10.6. The van der Waals surface area contributed by atoms with E-state index in [4.69, 9.17) is 9.68 Å². The molecule has 0 aliphatic carbocycles. The van der Waals surface area contributed by atoms with E-state index >= 15 is 0 Å². The van der Waals surface area contributed by atoms with E-state index in [0.717, 1.165) is 84.0 Å². The van der Waals surface area contributed by atoms with E-state index in [9.17, 15) is 9.59 Å². The molecule has 6 nitrogen and oxygen atoms in total. The van der Waals surface area contributed by atoms with Gasteiger partial charge in [0, 0.05) is 39.0 Å². The SMILES string of the molecule is CCCCCCN(CCCCCC)OC(=O)CCCC.CCCCCCN(CCCCCC)OC(=O)CCCCC. The van der Waals surface area contributed by atoms with Crippen LogP contribution in [-0.2, 0) is 19.3 Å². The number of rotatable bonds is 29. The van der Waals surface area contributed by atoms with Crippen LogP contribution in [-0.4, -0.2) is 48.2 Å². The molecule has 0 heterocycles. The van der Waals surface area contributed by atoms with Crippen LogP contribution in [0, 0.1) is 0 Å². The highest BCUT2D eigenvalue weighted by Gasteiger charge is 2.12. The molecule has 0 fully saturated rings. The third-order valence-corrected chi connectivity index (χ3v) is 7.23. The monoisotopic (exact) mass is 585 g/mol. The Balaban J connectivity index is 0. The summed E-state index contributed by atoms with van der Waals surface area (Å²) in [7, 11) is 0. The number of unbranched alkanes of at least 4 members (excludes halogenated alkanes) is 15. The molecule has 0 bridgehead atoms. The van der Waals surface area contributed by atoms with Crippen molar-refractivity contribution in [3.63, 3.8) is 0 Å². The van der Waals surface area contributed by atoms with Gasteiger partial charge in [0.05, 0.1) is 0 Å². The second-order valence-corrected chi connectivity index (χ2v) is 11.6. The first kappa shape index (κ1) is 42.0. The minimum Gasteiger partial charge on any atom is -0.368 e. The largest absolute Gasteiger partial charge is 0.368 e. The zero-order valence-corrected chi connectivity index (χ0v) is 28.6. The minimum atomic E-state index is -0.0576. The Bertz CT molecular complexity index is 520. The van der Waals surface area contributed by atoms with Gasteiger partial charge in [0.2, 0.25) is 0 Å². The molecule has 0 atom stereocenters. The Kier molecular flexibility index (Phi) is 35.9. The van der Waals surface area contributed by atoms with Crippen LogP contribution in [0.1, 0.15) is 189 Å². The molecule has 6 heteroatoms. The summed E-state index contributed by atoms with van der Waals surface area (Å²) in [6.07, 6.45) is 25.8. The minimum absolute atomic E-state index is 0.0468. The lowest BCUT2D eigenvalue weighted by Crippen LogP contribution is -2.29. The molecule has 0 aliphatic rings. The lowest BCUT2D eigenvalue weighted by Gasteiger charge is -2.21.